The number of hydrogen-bond donors (Lipinski definition) is 1. The van der Waals surface area contributed by atoms with Gasteiger partial charge in [-0.25, -0.2) is 4.52 Å². The monoisotopic (exact) mass is 135 g/mol. The van der Waals surface area contributed by atoms with E-state index in [-0.39, 0.29) is 5.75 Å². The molecule has 0 unspecified atom stereocenters. The average Bonchev–Trinajstić information content (AvgIpc) is 2.35. The minimum Gasteiger partial charge on any atom is -0.506 e. The van der Waals surface area contributed by atoms with Crippen LogP contribution in [0.5, 0.6) is 5.75 Å². The summed E-state index contributed by atoms with van der Waals surface area (Å²) in [4.78, 5) is 0. The summed E-state index contributed by atoms with van der Waals surface area (Å²) in [5.74, 6) is 0.190. The molecule has 2 aromatic heterocycles. The molecule has 0 aliphatic rings. The number of aromatic nitrogens is 3. The van der Waals surface area contributed by atoms with Gasteiger partial charge >= 0.3 is 0 Å². The molecule has 0 spiro atoms. The highest BCUT2D eigenvalue weighted by atomic mass is 16.3. The van der Waals surface area contributed by atoms with Crippen LogP contribution in [0.4, 0.5) is 0 Å². The molecule has 1 N–H and O–H groups in total. The fourth-order valence-electron chi connectivity index (χ4n) is 0.881. The minimum atomic E-state index is 0.190. The van der Waals surface area contributed by atoms with E-state index in [2.05, 4.69) is 16.9 Å². The van der Waals surface area contributed by atoms with Crippen molar-refractivity contribution in [3.63, 3.8) is 0 Å². The zero-order valence-corrected chi connectivity index (χ0v) is 5.15. The molecule has 0 fully saturated rings. The molecular formula is C6H5N3O. The van der Waals surface area contributed by atoms with Gasteiger partial charge in [-0.05, 0) is 0 Å². The molecule has 0 saturated heterocycles. The Hall–Kier alpha value is -1.58. The van der Waals surface area contributed by atoms with Gasteiger partial charge in [0.25, 0.3) is 0 Å². The molecule has 0 aliphatic heterocycles. The standard InChI is InChI=1S/C6H5N3O/c1-4-6-2-5(10)3-9(6)8-7-4/h2-3,10H,1H2. The van der Waals surface area contributed by atoms with E-state index < -0.39 is 0 Å². The molecule has 2 aromatic rings. The van der Waals surface area contributed by atoms with E-state index in [1.807, 2.05) is 0 Å². The first-order valence-corrected chi connectivity index (χ1v) is 2.80. The normalized spacial score (nSPS) is 10.8. The number of aromatic hydroxyl groups is 1. The molecule has 4 heteroatoms. The van der Waals surface area contributed by atoms with Gasteiger partial charge in [0.05, 0.1) is 11.7 Å². The maximum Gasteiger partial charge on any atom is 0.136 e. The molecule has 0 radical (unpaired) electrons. The Balaban J connectivity index is 3.03. The van der Waals surface area contributed by atoms with Gasteiger partial charge in [0, 0.05) is 6.07 Å². The molecule has 0 aliphatic carbocycles. The molecule has 2 heterocycles. The van der Waals surface area contributed by atoms with Crippen LogP contribution in [-0.4, -0.2) is 19.9 Å². The largest absolute Gasteiger partial charge is 0.506 e. The quantitative estimate of drug-likeness (QED) is 0.533. The molecule has 0 atom stereocenters. The Kier molecular flexibility index (Phi) is 0.768. The van der Waals surface area contributed by atoms with Crippen LogP contribution in [0, 0.1) is 0 Å². The molecule has 0 saturated carbocycles. The molecule has 10 heavy (non-hydrogen) atoms. The summed E-state index contributed by atoms with van der Waals surface area (Å²) in [5.41, 5.74) is 0.748. The van der Waals surface area contributed by atoms with Crippen molar-refractivity contribution in [3.8, 4) is 5.75 Å². The van der Waals surface area contributed by atoms with Crippen molar-refractivity contribution in [3.05, 3.63) is 17.6 Å². The van der Waals surface area contributed by atoms with Crippen LogP contribution in [0.25, 0.3) is 12.1 Å². The van der Waals surface area contributed by atoms with Gasteiger partial charge in [0.2, 0.25) is 0 Å². The van der Waals surface area contributed by atoms with E-state index in [1.54, 1.807) is 6.07 Å². The number of nitrogens with zero attached hydrogens (tertiary/aromatic N) is 3. The van der Waals surface area contributed by atoms with Gasteiger partial charge in [0.1, 0.15) is 11.1 Å². The number of hydrogen-bond acceptors (Lipinski definition) is 3. The van der Waals surface area contributed by atoms with Gasteiger partial charge in [-0.3, -0.25) is 0 Å². The van der Waals surface area contributed by atoms with Gasteiger partial charge in [-0.15, -0.1) is 5.10 Å². The molecule has 2 rings (SSSR count). The van der Waals surface area contributed by atoms with E-state index in [9.17, 15) is 0 Å². The summed E-state index contributed by atoms with van der Waals surface area (Å²) >= 11 is 0. The zero-order chi connectivity index (χ0) is 7.14. The third-order valence-electron chi connectivity index (χ3n) is 1.34. The summed E-state index contributed by atoms with van der Waals surface area (Å²) in [6.07, 6.45) is 1.48. The van der Waals surface area contributed by atoms with Crippen LogP contribution in [0.2, 0.25) is 0 Å². The SMILES string of the molecule is C=c1nnn2cc(O)cc12. The van der Waals surface area contributed by atoms with Gasteiger partial charge < -0.3 is 5.11 Å². The van der Waals surface area contributed by atoms with Crippen LogP contribution in [0.1, 0.15) is 0 Å². The van der Waals surface area contributed by atoms with Crippen LogP contribution < -0.4 is 5.35 Å². The van der Waals surface area contributed by atoms with Crippen molar-refractivity contribution in [1.29, 1.82) is 0 Å². The van der Waals surface area contributed by atoms with Gasteiger partial charge in [0.15, 0.2) is 0 Å². The first-order valence-electron chi connectivity index (χ1n) is 2.80. The summed E-state index contributed by atoms with van der Waals surface area (Å²) < 4.78 is 1.48. The maximum atomic E-state index is 8.95. The lowest BCUT2D eigenvalue weighted by Crippen LogP contribution is -1.95. The Morgan fingerprint density at radius 3 is 3.10 bits per heavy atom. The van der Waals surface area contributed by atoms with E-state index in [0.717, 1.165) is 5.52 Å². The summed E-state index contributed by atoms with van der Waals surface area (Å²) in [7, 11) is 0. The van der Waals surface area contributed by atoms with Crippen molar-refractivity contribution in [2.45, 2.75) is 0 Å². The fraction of sp³-hybridized carbons (Fsp3) is 0. The van der Waals surface area contributed by atoms with Crippen molar-refractivity contribution in [1.82, 2.24) is 14.8 Å². The van der Waals surface area contributed by atoms with Gasteiger partial charge in [-0.2, -0.15) is 0 Å². The second-order valence-corrected chi connectivity index (χ2v) is 2.06. The van der Waals surface area contributed by atoms with Crippen LogP contribution in [0.3, 0.4) is 0 Å². The van der Waals surface area contributed by atoms with E-state index >= 15 is 0 Å². The second kappa shape index (κ2) is 1.47. The van der Waals surface area contributed by atoms with E-state index in [1.165, 1.54) is 10.7 Å². The topological polar surface area (TPSA) is 50.4 Å². The summed E-state index contributed by atoms with van der Waals surface area (Å²) in [6.45, 7) is 3.62. The highest BCUT2D eigenvalue weighted by Gasteiger charge is 1.99. The number of fused-ring (bicyclic) bond motifs is 1. The lowest BCUT2D eigenvalue weighted by atomic mass is 10.5. The molecule has 0 aromatic carbocycles. The van der Waals surface area contributed by atoms with Crippen LogP contribution in [0.15, 0.2) is 12.3 Å². The summed E-state index contributed by atoms with van der Waals surface area (Å²) in [6, 6.07) is 1.57. The third kappa shape index (κ3) is 0.500. The molecule has 50 valence electrons. The highest BCUT2D eigenvalue weighted by Crippen LogP contribution is 2.09. The first-order chi connectivity index (χ1) is 4.77. The Morgan fingerprint density at radius 1 is 1.60 bits per heavy atom. The van der Waals surface area contributed by atoms with Crippen molar-refractivity contribution in [2.24, 2.45) is 0 Å². The predicted octanol–water partition coefficient (Wildman–Crippen LogP) is -0.436. The van der Waals surface area contributed by atoms with Crippen molar-refractivity contribution < 1.29 is 5.11 Å². The minimum absolute atomic E-state index is 0.190. The van der Waals surface area contributed by atoms with Crippen molar-refractivity contribution in [2.75, 3.05) is 0 Å². The molecule has 0 amide bonds. The lowest BCUT2D eigenvalue weighted by Gasteiger charge is -1.72. The lowest BCUT2D eigenvalue weighted by molar-refractivity contribution is 0.474. The second-order valence-electron chi connectivity index (χ2n) is 2.06. The Morgan fingerprint density at radius 2 is 2.40 bits per heavy atom. The van der Waals surface area contributed by atoms with E-state index in [4.69, 9.17) is 5.11 Å². The van der Waals surface area contributed by atoms with Crippen molar-refractivity contribution >= 4 is 12.1 Å². The summed E-state index contributed by atoms with van der Waals surface area (Å²) in [5, 5.41) is 16.9. The average molecular weight is 135 g/mol. The smallest absolute Gasteiger partial charge is 0.136 e. The van der Waals surface area contributed by atoms with E-state index in [0.29, 0.717) is 5.35 Å². The first kappa shape index (κ1) is 5.22. The zero-order valence-electron chi connectivity index (χ0n) is 5.15. The van der Waals surface area contributed by atoms with Gasteiger partial charge in [-0.1, -0.05) is 11.8 Å². The Labute approximate surface area is 56.4 Å². The highest BCUT2D eigenvalue weighted by molar-refractivity contribution is 5.51. The van der Waals surface area contributed by atoms with Crippen LogP contribution >= 0.6 is 0 Å². The molecular weight excluding hydrogens is 130 g/mol. The number of rotatable bonds is 0. The maximum absolute atomic E-state index is 8.95. The fourth-order valence-corrected chi connectivity index (χ4v) is 0.881. The van der Waals surface area contributed by atoms with Crippen LogP contribution in [-0.2, 0) is 0 Å². The molecule has 0 bridgehead atoms. The predicted molar refractivity (Wildman–Crippen MR) is 35.4 cm³/mol. The third-order valence-corrected chi connectivity index (χ3v) is 1.34. The Bertz CT molecular complexity index is 406. The molecule has 4 nitrogen and oxygen atoms in total.